The van der Waals surface area contributed by atoms with Crippen molar-refractivity contribution in [2.45, 2.75) is 26.3 Å². The summed E-state index contributed by atoms with van der Waals surface area (Å²) in [5, 5.41) is 0. The number of hydrogen-bond donors (Lipinski definition) is 0. The van der Waals surface area contributed by atoms with E-state index in [0.29, 0.717) is 38.7 Å². The number of methoxy groups -OCH3 is 2. The van der Waals surface area contributed by atoms with Gasteiger partial charge in [0.2, 0.25) is 0 Å². The van der Waals surface area contributed by atoms with Crippen molar-refractivity contribution in [2.24, 2.45) is 4.99 Å². The standard InChI is InChI=1S/C30H32N2O6S/c1-5-17-37-27-22(14-10-15-23(27)36-4)26-25(29(34)38-19-18-35-3)20(2)31-30-32(26)28(33)24(39-30)16-9-13-21-11-7-6-8-12-21/h6-16,26H,5,17-19H2,1-4H3/b13-9+,24-16+/t26-/m1/s1. The number of ether oxygens (including phenoxy) is 4. The third kappa shape index (κ3) is 6.21. The SMILES string of the molecule is CCCOc1c(OC)cccc1[C@@H]1C(C(=O)OCCOC)=C(C)N=c2s/c(=C/C=C/c3ccccc3)c(=O)n21. The van der Waals surface area contributed by atoms with Crippen LogP contribution in [0, 0.1) is 0 Å². The fourth-order valence-electron chi connectivity index (χ4n) is 4.26. The van der Waals surface area contributed by atoms with E-state index < -0.39 is 12.0 Å². The predicted molar refractivity (Wildman–Crippen MR) is 152 cm³/mol. The molecule has 0 saturated heterocycles. The fourth-order valence-corrected chi connectivity index (χ4v) is 5.26. The van der Waals surface area contributed by atoms with Crippen LogP contribution in [-0.4, -0.2) is 44.6 Å². The number of thiazole rings is 1. The first kappa shape index (κ1) is 28.1. The summed E-state index contributed by atoms with van der Waals surface area (Å²) >= 11 is 1.27. The Balaban J connectivity index is 1.89. The van der Waals surface area contributed by atoms with Crippen molar-refractivity contribution >= 4 is 29.5 Å². The Labute approximate surface area is 231 Å². The Hall–Kier alpha value is -3.95. The van der Waals surface area contributed by atoms with E-state index in [1.165, 1.54) is 18.4 Å². The van der Waals surface area contributed by atoms with Gasteiger partial charge in [0.1, 0.15) is 12.6 Å². The zero-order valence-corrected chi connectivity index (χ0v) is 23.3. The molecule has 39 heavy (non-hydrogen) atoms. The van der Waals surface area contributed by atoms with Crippen molar-refractivity contribution < 1.29 is 23.7 Å². The number of benzene rings is 2. The number of fused-ring (bicyclic) bond motifs is 1. The molecule has 0 unspecified atom stereocenters. The molecule has 1 aromatic heterocycles. The molecule has 9 heteroatoms. The molecule has 0 fully saturated rings. The Kier molecular flexibility index (Phi) is 9.51. The molecule has 1 atom stereocenters. The highest BCUT2D eigenvalue weighted by atomic mass is 32.1. The highest BCUT2D eigenvalue weighted by Crippen LogP contribution is 2.40. The first-order valence-corrected chi connectivity index (χ1v) is 13.5. The molecule has 2 heterocycles. The lowest BCUT2D eigenvalue weighted by Crippen LogP contribution is -2.40. The number of rotatable bonds is 11. The van der Waals surface area contributed by atoms with Gasteiger partial charge in [-0.25, -0.2) is 9.79 Å². The van der Waals surface area contributed by atoms with Crippen molar-refractivity contribution in [1.82, 2.24) is 4.57 Å². The Bertz CT molecular complexity index is 1550. The number of aromatic nitrogens is 1. The van der Waals surface area contributed by atoms with Crippen LogP contribution in [0.2, 0.25) is 0 Å². The minimum absolute atomic E-state index is 0.0742. The molecule has 8 nitrogen and oxygen atoms in total. The average Bonchev–Trinajstić information content (AvgIpc) is 3.25. The van der Waals surface area contributed by atoms with E-state index in [0.717, 1.165) is 12.0 Å². The molecule has 0 saturated carbocycles. The van der Waals surface area contributed by atoms with Crippen molar-refractivity contribution in [3.05, 3.63) is 96.7 Å². The monoisotopic (exact) mass is 548 g/mol. The number of para-hydroxylation sites is 1. The lowest BCUT2D eigenvalue weighted by atomic mass is 9.94. The lowest BCUT2D eigenvalue weighted by Gasteiger charge is -2.27. The minimum atomic E-state index is -0.821. The molecule has 1 aliphatic heterocycles. The molecule has 0 spiro atoms. The lowest BCUT2D eigenvalue weighted by molar-refractivity contribution is -0.140. The summed E-state index contributed by atoms with van der Waals surface area (Å²) in [6, 6.07) is 14.5. The van der Waals surface area contributed by atoms with Crippen LogP contribution >= 0.6 is 11.3 Å². The molecule has 4 rings (SSSR count). The number of nitrogens with zero attached hydrogens (tertiary/aromatic N) is 2. The molecular formula is C30H32N2O6S. The predicted octanol–water partition coefficient (Wildman–Crippen LogP) is 3.89. The summed E-state index contributed by atoms with van der Waals surface area (Å²) < 4.78 is 24.3. The molecule has 0 aliphatic carbocycles. The second kappa shape index (κ2) is 13.2. The van der Waals surface area contributed by atoms with Crippen LogP contribution in [0.3, 0.4) is 0 Å². The number of carbonyl (C=O) groups is 1. The number of hydrogen-bond acceptors (Lipinski definition) is 8. The van der Waals surface area contributed by atoms with Crippen molar-refractivity contribution in [2.75, 3.05) is 34.0 Å². The summed E-state index contributed by atoms with van der Waals surface area (Å²) in [5.74, 6) is 0.415. The van der Waals surface area contributed by atoms with Crippen molar-refractivity contribution in [3.8, 4) is 11.5 Å². The van der Waals surface area contributed by atoms with Gasteiger partial charge in [-0.05, 0) is 31.1 Å². The van der Waals surface area contributed by atoms with E-state index in [2.05, 4.69) is 4.99 Å². The Morgan fingerprint density at radius 2 is 1.87 bits per heavy atom. The van der Waals surface area contributed by atoms with Gasteiger partial charge in [0.05, 0.1) is 36.1 Å². The van der Waals surface area contributed by atoms with Crippen LogP contribution in [0.1, 0.15) is 37.4 Å². The van der Waals surface area contributed by atoms with Gasteiger partial charge in [-0.15, -0.1) is 0 Å². The summed E-state index contributed by atoms with van der Waals surface area (Å²) in [7, 11) is 3.09. The zero-order valence-electron chi connectivity index (χ0n) is 22.5. The fraction of sp³-hybridized carbons (Fsp3) is 0.300. The van der Waals surface area contributed by atoms with E-state index in [4.69, 9.17) is 18.9 Å². The van der Waals surface area contributed by atoms with E-state index in [1.807, 2.05) is 61.5 Å². The minimum Gasteiger partial charge on any atom is -0.493 e. The molecule has 204 valence electrons. The van der Waals surface area contributed by atoms with Gasteiger partial charge < -0.3 is 18.9 Å². The topological polar surface area (TPSA) is 88.4 Å². The van der Waals surface area contributed by atoms with Crippen LogP contribution < -0.4 is 24.4 Å². The zero-order chi connectivity index (χ0) is 27.8. The number of carbonyl (C=O) groups excluding carboxylic acids is 1. The van der Waals surface area contributed by atoms with E-state index >= 15 is 0 Å². The molecular weight excluding hydrogens is 516 g/mol. The van der Waals surface area contributed by atoms with Gasteiger partial charge in [-0.1, -0.05) is 72.9 Å². The smallest absolute Gasteiger partial charge is 0.338 e. The maximum absolute atomic E-state index is 13.8. The van der Waals surface area contributed by atoms with Gasteiger partial charge in [-0.2, -0.15) is 0 Å². The second-order valence-corrected chi connectivity index (χ2v) is 9.74. The van der Waals surface area contributed by atoms with Crippen LogP contribution in [0.4, 0.5) is 0 Å². The summed E-state index contributed by atoms with van der Waals surface area (Å²) in [5.41, 5.74) is 2.10. The Morgan fingerprint density at radius 1 is 1.08 bits per heavy atom. The molecule has 3 aromatic rings. The molecule has 1 aliphatic rings. The Morgan fingerprint density at radius 3 is 2.59 bits per heavy atom. The average molecular weight is 549 g/mol. The largest absolute Gasteiger partial charge is 0.493 e. The van der Waals surface area contributed by atoms with E-state index in [-0.39, 0.29) is 24.3 Å². The molecule has 0 bridgehead atoms. The van der Waals surface area contributed by atoms with Gasteiger partial charge >= 0.3 is 5.97 Å². The van der Waals surface area contributed by atoms with Crippen LogP contribution in [0.25, 0.3) is 12.2 Å². The second-order valence-electron chi connectivity index (χ2n) is 8.73. The normalized spacial score (nSPS) is 15.3. The van der Waals surface area contributed by atoms with Crippen LogP contribution in [0.15, 0.2) is 75.7 Å². The first-order valence-electron chi connectivity index (χ1n) is 12.7. The van der Waals surface area contributed by atoms with Crippen molar-refractivity contribution in [3.63, 3.8) is 0 Å². The third-order valence-electron chi connectivity index (χ3n) is 6.07. The summed E-state index contributed by atoms with van der Waals surface area (Å²) in [6.45, 7) is 4.52. The quantitative estimate of drug-likeness (QED) is 0.267. The highest BCUT2D eigenvalue weighted by Gasteiger charge is 2.36. The third-order valence-corrected chi connectivity index (χ3v) is 7.07. The van der Waals surface area contributed by atoms with Gasteiger partial charge in [0.25, 0.3) is 5.56 Å². The van der Waals surface area contributed by atoms with Gasteiger partial charge in [0.15, 0.2) is 16.3 Å². The maximum atomic E-state index is 13.8. The molecule has 0 N–H and O–H groups in total. The first-order chi connectivity index (χ1) is 19.0. The maximum Gasteiger partial charge on any atom is 0.338 e. The van der Waals surface area contributed by atoms with E-state index in [9.17, 15) is 9.59 Å². The van der Waals surface area contributed by atoms with Crippen LogP contribution in [0.5, 0.6) is 11.5 Å². The van der Waals surface area contributed by atoms with Gasteiger partial charge in [0, 0.05) is 12.7 Å². The number of allylic oxidation sites excluding steroid dienone is 2. The highest BCUT2D eigenvalue weighted by molar-refractivity contribution is 7.07. The summed E-state index contributed by atoms with van der Waals surface area (Å²) in [4.78, 5) is 32.4. The summed E-state index contributed by atoms with van der Waals surface area (Å²) in [6.07, 6.45) is 6.31. The van der Waals surface area contributed by atoms with Crippen molar-refractivity contribution in [1.29, 1.82) is 0 Å². The van der Waals surface area contributed by atoms with Crippen LogP contribution in [-0.2, 0) is 14.3 Å². The van der Waals surface area contributed by atoms with E-state index in [1.54, 1.807) is 30.7 Å². The molecule has 2 aromatic carbocycles. The molecule has 0 amide bonds. The van der Waals surface area contributed by atoms with Gasteiger partial charge in [-0.3, -0.25) is 9.36 Å². The number of esters is 1. The molecule has 0 radical (unpaired) electrons.